The third kappa shape index (κ3) is 5.37. The molecule has 2 rings (SSSR count). The zero-order valence-electron chi connectivity index (χ0n) is 15.7. The Kier molecular flexibility index (Phi) is 5.93. The number of nitrogens with one attached hydrogen (secondary N) is 1. The maximum atomic E-state index is 12.2. The number of amides is 2. The average molecular weight is 348 g/mol. The second-order valence-corrected chi connectivity index (χ2v) is 7.27. The first kappa shape index (κ1) is 19.1. The summed E-state index contributed by atoms with van der Waals surface area (Å²) in [4.78, 5) is 25.5. The molecule has 1 aliphatic heterocycles. The fraction of sp³-hybridized carbons (Fsp3) is 0.579. The molecular formula is C19H28N2O4. The summed E-state index contributed by atoms with van der Waals surface area (Å²) in [5, 5.41) is 2.81. The van der Waals surface area contributed by atoms with E-state index in [2.05, 4.69) is 11.4 Å². The number of rotatable bonds is 3. The van der Waals surface area contributed by atoms with Gasteiger partial charge in [0.2, 0.25) is 0 Å². The molecule has 1 aliphatic rings. The summed E-state index contributed by atoms with van der Waals surface area (Å²) in [6, 6.07) is 5.96. The molecule has 0 spiro atoms. The standard InChI is InChI=1S/C19H28N2O4/c1-6-24-17(22)20-13(2)14-7-8-16-12-21(10-9-15(16)11-14)18(23)25-19(3,4)5/h7-8,11,13H,6,9-10,12H2,1-5H3,(H,20,22). The molecule has 1 atom stereocenters. The van der Waals surface area contributed by atoms with Gasteiger partial charge in [0.05, 0.1) is 12.6 Å². The first-order valence-corrected chi connectivity index (χ1v) is 8.72. The lowest BCUT2D eigenvalue weighted by atomic mass is 9.95. The van der Waals surface area contributed by atoms with Crippen LogP contribution in [0.1, 0.15) is 57.4 Å². The minimum absolute atomic E-state index is 0.131. The van der Waals surface area contributed by atoms with Crippen LogP contribution in [-0.4, -0.2) is 35.8 Å². The van der Waals surface area contributed by atoms with Gasteiger partial charge in [-0.2, -0.15) is 0 Å². The zero-order chi connectivity index (χ0) is 18.6. The summed E-state index contributed by atoms with van der Waals surface area (Å²) in [5.41, 5.74) is 2.85. The summed E-state index contributed by atoms with van der Waals surface area (Å²) >= 11 is 0. The molecule has 0 bridgehead atoms. The van der Waals surface area contributed by atoms with Crippen LogP contribution in [-0.2, 0) is 22.4 Å². The molecule has 0 aliphatic carbocycles. The topological polar surface area (TPSA) is 67.9 Å². The van der Waals surface area contributed by atoms with Gasteiger partial charge in [-0.15, -0.1) is 0 Å². The lowest BCUT2D eigenvalue weighted by Gasteiger charge is -2.31. The van der Waals surface area contributed by atoms with E-state index in [9.17, 15) is 9.59 Å². The van der Waals surface area contributed by atoms with Gasteiger partial charge in [0.25, 0.3) is 0 Å². The van der Waals surface area contributed by atoms with Crippen LogP contribution in [0.4, 0.5) is 9.59 Å². The number of carbonyl (C=O) groups excluding carboxylic acids is 2. The maximum Gasteiger partial charge on any atom is 0.410 e. The van der Waals surface area contributed by atoms with Crippen LogP contribution in [0, 0.1) is 0 Å². The van der Waals surface area contributed by atoms with E-state index in [4.69, 9.17) is 9.47 Å². The van der Waals surface area contributed by atoms with Crippen LogP contribution >= 0.6 is 0 Å². The Balaban J connectivity index is 2.03. The molecule has 2 amide bonds. The van der Waals surface area contributed by atoms with Gasteiger partial charge in [0.1, 0.15) is 5.60 Å². The molecule has 138 valence electrons. The molecule has 1 heterocycles. The van der Waals surface area contributed by atoms with E-state index in [1.807, 2.05) is 39.8 Å². The van der Waals surface area contributed by atoms with Gasteiger partial charge >= 0.3 is 12.2 Å². The highest BCUT2D eigenvalue weighted by Crippen LogP contribution is 2.24. The fourth-order valence-corrected chi connectivity index (χ4v) is 2.76. The lowest BCUT2D eigenvalue weighted by Crippen LogP contribution is -2.40. The van der Waals surface area contributed by atoms with E-state index >= 15 is 0 Å². The number of benzene rings is 1. The van der Waals surface area contributed by atoms with Crippen LogP contribution in [0.3, 0.4) is 0 Å². The Morgan fingerprint density at radius 1 is 1.28 bits per heavy atom. The van der Waals surface area contributed by atoms with E-state index in [0.717, 1.165) is 17.5 Å². The van der Waals surface area contributed by atoms with E-state index in [-0.39, 0.29) is 12.1 Å². The number of carbonyl (C=O) groups is 2. The van der Waals surface area contributed by atoms with Gasteiger partial charge < -0.3 is 19.7 Å². The van der Waals surface area contributed by atoms with Crippen LogP contribution in [0.2, 0.25) is 0 Å². The Morgan fingerprint density at radius 2 is 2.00 bits per heavy atom. The van der Waals surface area contributed by atoms with E-state index in [1.165, 1.54) is 5.56 Å². The number of hydrogen-bond acceptors (Lipinski definition) is 4. The van der Waals surface area contributed by atoms with Gasteiger partial charge in [0, 0.05) is 13.1 Å². The smallest absolute Gasteiger partial charge is 0.410 e. The Labute approximate surface area is 149 Å². The zero-order valence-corrected chi connectivity index (χ0v) is 15.7. The monoisotopic (exact) mass is 348 g/mol. The van der Waals surface area contributed by atoms with Crippen molar-refractivity contribution in [2.45, 2.75) is 59.2 Å². The minimum Gasteiger partial charge on any atom is -0.450 e. The van der Waals surface area contributed by atoms with E-state index in [1.54, 1.807) is 11.8 Å². The highest BCUT2D eigenvalue weighted by Gasteiger charge is 2.26. The Bertz CT molecular complexity index is 637. The van der Waals surface area contributed by atoms with Gasteiger partial charge in [-0.25, -0.2) is 9.59 Å². The summed E-state index contributed by atoms with van der Waals surface area (Å²) in [5.74, 6) is 0. The first-order chi connectivity index (χ1) is 11.7. The van der Waals surface area contributed by atoms with Crippen LogP contribution < -0.4 is 5.32 Å². The van der Waals surface area contributed by atoms with Crippen molar-refractivity contribution in [3.63, 3.8) is 0 Å². The predicted molar refractivity (Wildman–Crippen MR) is 95.4 cm³/mol. The lowest BCUT2D eigenvalue weighted by molar-refractivity contribution is 0.0224. The molecule has 6 nitrogen and oxygen atoms in total. The molecular weight excluding hydrogens is 320 g/mol. The largest absolute Gasteiger partial charge is 0.450 e. The third-order valence-corrected chi connectivity index (χ3v) is 4.00. The van der Waals surface area contributed by atoms with Gasteiger partial charge in [0.15, 0.2) is 0 Å². The van der Waals surface area contributed by atoms with Crippen molar-refractivity contribution < 1.29 is 19.1 Å². The fourth-order valence-electron chi connectivity index (χ4n) is 2.76. The van der Waals surface area contributed by atoms with E-state index in [0.29, 0.717) is 19.7 Å². The van der Waals surface area contributed by atoms with Crippen molar-refractivity contribution in [3.05, 3.63) is 34.9 Å². The second-order valence-electron chi connectivity index (χ2n) is 7.27. The number of ether oxygens (including phenoxy) is 2. The van der Waals surface area contributed by atoms with Crippen molar-refractivity contribution in [1.82, 2.24) is 10.2 Å². The van der Waals surface area contributed by atoms with Crippen molar-refractivity contribution in [3.8, 4) is 0 Å². The number of alkyl carbamates (subject to hydrolysis) is 1. The molecule has 1 N–H and O–H groups in total. The summed E-state index contributed by atoms with van der Waals surface area (Å²) in [6.45, 7) is 10.8. The molecule has 0 saturated heterocycles. The molecule has 25 heavy (non-hydrogen) atoms. The van der Waals surface area contributed by atoms with Crippen molar-refractivity contribution in [1.29, 1.82) is 0 Å². The van der Waals surface area contributed by atoms with Gasteiger partial charge in [-0.1, -0.05) is 18.2 Å². The summed E-state index contributed by atoms with van der Waals surface area (Å²) in [7, 11) is 0. The average Bonchev–Trinajstić information content (AvgIpc) is 2.52. The van der Waals surface area contributed by atoms with Gasteiger partial charge in [-0.05, 0) is 57.7 Å². The Hall–Kier alpha value is -2.24. The predicted octanol–water partition coefficient (Wildman–Crippen LogP) is 3.79. The highest BCUT2D eigenvalue weighted by molar-refractivity contribution is 5.69. The minimum atomic E-state index is -0.491. The third-order valence-electron chi connectivity index (χ3n) is 4.00. The molecule has 1 aromatic carbocycles. The van der Waals surface area contributed by atoms with Crippen molar-refractivity contribution in [2.24, 2.45) is 0 Å². The second kappa shape index (κ2) is 7.76. The van der Waals surface area contributed by atoms with Crippen molar-refractivity contribution >= 4 is 12.2 Å². The van der Waals surface area contributed by atoms with Gasteiger partial charge in [-0.3, -0.25) is 0 Å². The molecule has 1 unspecified atom stereocenters. The number of fused-ring (bicyclic) bond motifs is 1. The molecule has 0 radical (unpaired) electrons. The highest BCUT2D eigenvalue weighted by atomic mass is 16.6. The first-order valence-electron chi connectivity index (χ1n) is 8.72. The molecule has 6 heteroatoms. The van der Waals surface area contributed by atoms with Crippen molar-refractivity contribution in [2.75, 3.05) is 13.2 Å². The SMILES string of the molecule is CCOC(=O)NC(C)c1ccc2c(c1)CCN(C(=O)OC(C)(C)C)C2. The molecule has 0 aromatic heterocycles. The quantitative estimate of drug-likeness (QED) is 0.902. The van der Waals surface area contributed by atoms with E-state index < -0.39 is 11.7 Å². The molecule has 0 saturated carbocycles. The van der Waals surface area contributed by atoms with Crippen LogP contribution in [0.15, 0.2) is 18.2 Å². The summed E-state index contributed by atoms with van der Waals surface area (Å²) in [6.07, 6.45) is 0.0811. The molecule has 1 aromatic rings. The Morgan fingerprint density at radius 3 is 2.64 bits per heavy atom. The van der Waals surface area contributed by atoms with Crippen LogP contribution in [0.25, 0.3) is 0 Å². The molecule has 0 fully saturated rings. The normalized spacial score (nSPS) is 15.2. The summed E-state index contributed by atoms with van der Waals surface area (Å²) < 4.78 is 10.4. The number of hydrogen-bond donors (Lipinski definition) is 1. The van der Waals surface area contributed by atoms with Crippen LogP contribution in [0.5, 0.6) is 0 Å². The number of nitrogens with zero attached hydrogens (tertiary/aromatic N) is 1. The maximum absolute atomic E-state index is 12.2.